The van der Waals surface area contributed by atoms with Crippen LogP contribution in [-0.4, -0.2) is 6.61 Å². The number of halogens is 1. The molecule has 1 aliphatic heterocycles. The van der Waals surface area contributed by atoms with Gasteiger partial charge >= 0.3 is 0 Å². The van der Waals surface area contributed by atoms with Gasteiger partial charge in [-0.25, -0.2) is 0 Å². The third-order valence-electron chi connectivity index (χ3n) is 3.72. The number of ether oxygens (including phenoxy) is 1. The van der Waals surface area contributed by atoms with Crippen molar-refractivity contribution in [1.82, 2.24) is 0 Å². The lowest BCUT2D eigenvalue weighted by molar-refractivity contribution is 0.274. The number of aryl methyl sites for hydroxylation is 2. The van der Waals surface area contributed by atoms with Crippen molar-refractivity contribution in [3.8, 4) is 5.75 Å². The second kappa shape index (κ2) is 5.49. The number of hydrogen-bond donors (Lipinski definition) is 1. The van der Waals surface area contributed by atoms with Crippen LogP contribution in [0, 0.1) is 13.8 Å². The lowest BCUT2D eigenvalue weighted by Gasteiger charge is -2.28. The summed E-state index contributed by atoms with van der Waals surface area (Å²) in [7, 11) is 0. The highest BCUT2D eigenvalue weighted by Crippen LogP contribution is 2.36. The Morgan fingerprint density at radius 3 is 2.80 bits per heavy atom. The topological polar surface area (TPSA) is 21.3 Å². The average Bonchev–Trinajstić information content (AvgIpc) is 2.42. The molecule has 1 unspecified atom stereocenters. The molecule has 0 bridgehead atoms. The quantitative estimate of drug-likeness (QED) is 0.835. The largest absolute Gasteiger partial charge is 0.493 e. The molecule has 0 spiro atoms. The molecule has 0 saturated heterocycles. The molecule has 3 heteroatoms. The lowest BCUT2D eigenvalue weighted by Crippen LogP contribution is -2.20. The third kappa shape index (κ3) is 2.68. The lowest BCUT2D eigenvalue weighted by atomic mass is 9.99. The van der Waals surface area contributed by atoms with Gasteiger partial charge in [-0.05, 0) is 43.7 Å². The van der Waals surface area contributed by atoms with E-state index in [-0.39, 0.29) is 0 Å². The first-order valence-corrected chi connectivity index (χ1v) is 7.69. The van der Waals surface area contributed by atoms with Crippen molar-refractivity contribution in [1.29, 1.82) is 0 Å². The van der Waals surface area contributed by atoms with Crippen LogP contribution in [0.4, 0.5) is 5.69 Å². The van der Waals surface area contributed by atoms with Gasteiger partial charge in [0.2, 0.25) is 0 Å². The van der Waals surface area contributed by atoms with E-state index in [0.29, 0.717) is 6.04 Å². The van der Waals surface area contributed by atoms with E-state index in [0.717, 1.165) is 23.2 Å². The molecule has 0 radical (unpaired) electrons. The second-order valence-corrected chi connectivity index (χ2v) is 6.25. The first-order chi connectivity index (χ1) is 9.63. The van der Waals surface area contributed by atoms with Crippen molar-refractivity contribution in [2.75, 3.05) is 11.9 Å². The monoisotopic (exact) mass is 331 g/mol. The summed E-state index contributed by atoms with van der Waals surface area (Å²) in [6, 6.07) is 13.0. The second-order valence-electron chi connectivity index (χ2n) is 5.33. The smallest absolute Gasteiger partial charge is 0.124 e. The molecule has 0 aromatic heterocycles. The predicted molar refractivity (Wildman–Crippen MR) is 86.5 cm³/mol. The van der Waals surface area contributed by atoms with E-state index in [2.05, 4.69) is 59.4 Å². The van der Waals surface area contributed by atoms with Crippen molar-refractivity contribution >= 4 is 21.6 Å². The van der Waals surface area contributed by atoms with Crippen molar-refractivity contribution in [2.45, 2.75) is 26.3 Å². The molecule has 20 heavy (non-hydrogen) atoms. The van der Waals surface area contributed by atoms with Crippen LogP contribution in [0.25, 0.3) is 0 Å². The fourth-order valence-corrected chi connectivity index (χ4v) is 3.06. The van der Waals surface area contributed by atoms with Gasteiger partial charge in [0.25, 0.3) is 0 Å². The van der Waals surface area contributed by atoms with Crippen molar-refractivity contribution in [2.24, 2.45) is 0 Å². The zero-order valence-corrected chi connectivity index (χ0v) is 13.3. The Bertz CT molecular complexity index is 639. The third-order valence-corrected chi connectivity index (χ3v) is 4.22. The fraction of sp³-hybridized carbons (Fsp3) is 0.294. The van der Waals surface area contributed by atoms with Crippen LogP contribution in [0.15, 0.2) is 40.9 Å². The molecular formula is C17H18BrNO. The standard InChI is InChI=1S/C17H18BrNO/c1-11-3-5-15(12(2)9-11)19-16-7-8-20-17-6-4-13(18)10-14(16)17/h3-6,9-10,16,19H,7-8H2,1-2H3. The molecule has 1 N–H and O–H groups in total. The highest BCUT2D eigenvalue weighted by molar-refractivity contribution is 9.10. The average molecular weight is 332 g/mol. The van der Waals surface area contributed by atoms with Gasteiger partial charge < -0.3 is 10.1 Å². The first-order valence-electron chi connectivity index (χ1n) is 6.89. The summed E-state index contributed by atoms with van der Waals surface area (Å²) in [5, 5.41) is 3.66. The highest BCUT2D eigenvalue weighted by Gasteiger charge is 2.21. The molecule has 0 amide bonds. The Balaban J connectivity index is 1.91. The minimum atomic E-state index is 0.303. The minimum absolute atomic E-state index is 0.303. The summed E-state index contributed by atoms with van der Waals surface area (Å²) in [5.41, 5.74) is 5.01. The zero-order chi connectivity index (χ0) is 14.1. The molecule has 1 atom stereocenters. The maximum absolute atomic E-state index is 5.73. The number of fused-ring (bicyclic) bond motifs is 1. The van der Waals surface area contributed by atoms with Crippen molar-refractivity contribution < 1.29 is 4.74 Å². The summed E-state index contributed by atoms with van der Waals surface area (Å²) >= 11 is 3.54. The van der Waals surface area contributed by atoms with E-state index in [9.17, 15) is 0 Å². The van der Waals surface area contributed by atoms with Gasteiger partial charge in [-0.15, -0.1) is 0 Å². The predicted octanol–water partition coefficient (Wildman–Crippen LogP) is 5.00. The van der Waals surface area contributed by atoms with E-state index in [1.54, 1.807) is 0 Å². The van der Waals surface area contributed by atoms with Crippen LogP contribution in [-0.2, 0) is 0 Å². The van der Waals surface area contributed by atoms with Crippen molar-refractivity contribution in [3.05, 3.63) is 57.6 Å². The van der Waals surface area contributed by atoms with E-state index in [4.69, 9.17) is 4.74 Å². The van der Waals surface area contributed by atoms with E-state index in [1.165, 1.54) is 22.4 Å². The summed E-state index contributed by atoms with van der Waals surface area (Å²) in [5.74, 6) is 0.988. The minimum Gasteiger partial charge on any atom is -0.493 e. The van der Waals surface area contributed by atoms with E-state index in [1.807, 2.05) is 12.1 Å². The Morgan fingerprint density at radius 2 is 2.00 bits per heavy atom. The SMILES string of the molecule is Cc1ccc(NC2CCOc3ccc(Br)cc32)c(C)c1. The van der Waals surface area contributed by atoms with Gasteiger partial charge in [0, 0.05) is 22.1 Å². The van der Waals surface area contributed by atoms with Gasteiger partial charge in [0.1, 0.15) is 5.75 Å². The Hall–Kier alpha value is -1.48. The van der Waals surface area contributed by atoms with Gasteiger partial charge in [-0.2, -0.15) is 0 Å². The Labute approximate surface area is 128 Å². The molecule has 0 aliphatic carbocycles. The van der Waals surface area contributed by atoms with E-state index < -0.39 is 0 Å². The number of rotatable bonds is 2. The van der Waals surface area contributed by atoms with Gasteiger partial charge in [-0.3, -0.25) is 0 Å². The fourth-order valence-electron chi connectivity index (χ4n) is 2.68. The Kier molecular flexibility index (Phi) is 3.70. The van der Waals surface area contributed by atoms with Crippen LogP contribution >= 0.6 is 15.9 Å². The van der Waals surface area contributed by atoms with Crippen LogP contribution in [0.3, 0.4) is 0 Å². The normalized spacial score (nSPS) is 17.2. The molecule has 0 fully saturated rings. The van der Waals surface area contributed by atoms with Gasteiger partial charge in [0.05, 0.1) is 12.6 Å². The summed E-state index contributed by atoms with van der Waals surface area (Å²) in [6.45, 7) is 5.03. The van der Waals surface area contributed by atoms with Crippen molar-refractivity contribution in [3.63, 3.8) is 0 Å². The molecule has 2 aromatic carbocycles. The molecule has 2 nitrogen and oxygen atoms in total. The molecule has 104 valence electrons. The maximum Gasteiger partial charge on any atom is 0.124 e. The highest BCUT2D eigenvalue weighted by atomic mass is 79.9. The summed E-state index contributed by atoms with van der Waals surface area (Å²) in [6.07, 6.45) is 0.983. The maximum atomic E-state index is 5.73. The first kappa shape index (κ1) is 13.5. The Morgan fingerprint density at radius 1 is 1.15 bits per heavy atom. The van der Waals surface area contributed by atoms with Gasteiger partial charge in [0.15, 0.2) is 0 Å². The van der Waals surface area contributed by atoms with E-state index >= 15 is 0 Å². The van der Waals surface area contributed by atoms with Crippen LogP contribution in [0.1, 0.15) is 29.2 Å². The molecule has 0 saturated carbocycles. The zero-order valence-electron chi connectivity index (χ0n) is 11.7. The summed E-state index contributed by atoms with van der Waals surface area (Å²) in [4.78, 5) is 0. The summed E-state index contributed by atoms with van der Waals surface area (Å²) < 4.78 is 6.83. The van der Waals surface area contributed by atoms with Crippen LogP contribution in [0.2, 0.25) is 0 Å². The van der Waals surface area contributed by atoms with Crippen LogP contribution in [0.5, 0.6) is 5.75 Å². The molecule has 3 rings (SSSR count). The van der Waals surface area contributed by atoms with Gasteiger partial charge in [-0.1, -0.05) is 33.6 Å². The molecule has 2 aromatic rings. The number of anilines is 1. The number of benzene rings is 2. The number of nitrogens with one attached hydrogen (secondary N) is 1. The number of hydrogen-bond acceptors (Lipinski definition) is 2. The molecule has 1 heterocycles. The molecule has 1 aliphatic rings. The molecular weight excluding hydrogens is 314 g/mol. The van der Waals surface area contributed by atoms with Crippen LogP contribution < -0.4 is 10.1 Å².